The van der Waals surface area contributed by atoms with Crippen LogP contribution in [0.5, 0.6) is 5.75 Å². The third-order valence-corrected chi connectivity index (χ3v) is 12.2. The number of halogens is 3. The number of rotatable bonds is 7. The minimum Gasteiger partial charge on any atom is -0.508 e. The number of aromatic hydroxyl groups is 1. The molecule has 0 radical (unpaired) electrons. The molecule has 6 unspecified atom stereocenters. The summed E-state index contributed by atoms with van der Waals surface area (Å²) >= 11 is 13.0. The van der Waals surface area contributed by atoms with E-state index < -0.39 is 58.5 Å². The van der Waals surface area contributed by atoms with Gasteiger partial charge in [0.25, 0.3) is 11.8 Å². The second-order valence-corrected chi connectivity index (χ2v) is 15.5. The second kappa shape index (κ2) is 13.6. The van der Waals surface area contributed by atoms with E-state index in [-0.39, 0.29) is 24.5 Å². The number of para-hydroxylation sites is 1. The number of anilines is 4. The molecule has 56 heavy (non-hydrogen) atoms. The lowest BCUT2D eigenvalue weighted by molar-refractivity contribution is -0.138. The highest BCUT2D eigenvalue weighted by atomic mass is 35.5. The van der Waals surface area contributed by atoms with Gasteiger partial charge >= 0.3 is 0 Å². The maximum atomic E-state index is 15.3. The first-order valence-electron chi connectivity index (χ1n) is 18.2. The molecular weight excluding hydrogens is 754 g/mol. The van der Waals surface area contributed by atoms with Gasteiger partial charge in [-0.1, -0.05) is 65.2 Å². The van der Waals surface area contributed by atoms with E-state index in [1.54, 1.807) is 54.6 Å². The lowest BCUT2D eigenvalue weighted by Gasteiger charge is -2.50. The molecule has 1 saturated carbocycles. The highest BCUT2D eigenvalue weighted by molar-refractivity contribution is 6.31. The monoisotopic (exact) mass is 786 g/mol. The number of nitrogens with zero attached hydrogens (tertiary/aromatic N) is 2. The Labute approximate surface area is 331 Å². The number of amides is 4. The molecule has 0 spiro atoms. The van der Waals surface area contributed by atoms with Crippen molar-refractivity contribution in [3.8, 4) is 5.75 Å². The molecular formula is C44H33Cl2FN4O5. The second-order valence-electron chi connectivity index (χ2n) is 14.6. The Balaban J connectivity index is 1.16. The minimum absolute atomic E-state index is 0.0480. The maximum Gasteiger partial charge on any atom is 0.260 e. The van der Waals surface area contributed by atoms with Crippen molar-refractivity contribution in [3.05, 3.63) is 160 Å². The third-order valence-electron chi connectivity index (χ3n) is 11.7. The predicted octanol–water partition coefficient (Wildman–Crippen LogP) is 8.77. The average molecular weight is 788 g/mol. The van der Waals surface area contributed by atoms with E-state index in [0.717, 1.165) is 16.4 Å². The molecule has 6 atom stereocenters. The fourth-order valence-corrected chi connectivity index (χ4v) is 9.70. The topological polar surface area (TPSA) is 119 Å². The molecule has 0 bridgehead atoms. The molecule has 2 saturated heterocycles. The molecule has 4 aliphatic rings. The van der Waals surface area contributed by atoms with Gasteiger partial charge in [0.05, 0.1) is 34.5 Å². The van der Waals surface area contributed by atoms with Crippen molar-refractivity contribution < 1.29 is 28.7 Å². The maximum absolute atomic E-state index is 15.3. The molecule has 0 aromatic heterocycles. The highest BCUT2D eigenvalue weighted by Gasteiger charge is 2.70. The van der Waals surface area contributed by atoms with Gasteiger partial charge in [0.2, 0.25) is 11.8 Å². The molecule has 9 rings (SSSR count). The SMILES string of the molecule is O=C1C2CC3C(=CCC4C(=O)N(c5ccc(Nc6ccccc6)cc5)C(=O)C43)C(c3cc(Cl)ccc3O)C2(c2ccc(Cl)cc2)C(=O)N1Nc1ccc(F)cc1. The van der Waals surface area contributed by atoms with Crippen molar-refractivity contribution in [2.75, 3.05) is 15.6 Å². The summed E-state index contributed by atoms with van der Waals surface area (Å²) in [6, 6.07) is 33.2. The van der Waals surface area contributed by atoms with Crippen LogP contribution in [0.25, 0.3) is 0 Å². The highest BCUT2D eigenvalue weighted by Crippen LogP contribution is 2.65. The van der Waals surface area contributed by atoms with Crippen molar-refractivity contribution in [3.63, 3.8) is 0 Å². The van der Waals surface area contributed by atoms with Crippen LogP contribution in [0.1, 0.15) is 29.9 Å². The van der Waals surface area contributed by atoms with Crippen LogP contribution in [-0.4, -0.2) is 33.7 Å². The van der Waals surface area contributed by atoms with E-state index >= 15 is 4.79 Å². The van der Waals surface area contributed by atoms with Crippen LogP contribution in [0.4, 0.5) is 27.1 Å². The van der Waals surface area contributed by atoms with E-state index in [1.807, 2.05) is 36.4 Å². The lowest BCUT2D eigenvalue weighted by atomic mass is 9.49. The summed E-state index contributed by atoms with van der Waals surface area (Å²) in [5.41, 5.74) is 5.08. The number of phenolic OH excluding ortho intramolecular Hbond substituents is 1. The molecule has 9 nitrogen and oxygen atoms in total. The Morgan fingerprint density at radius 1 is 0.714 bits per heavy atom. The fraction of sp³-hybridized carbons (Fsp3) is 0.182. The number of imide groups is 2. The molecule has 12 heteroatoms. The van der Waals surface area contributed by atoms with Crippen LogP contribution in [0.2, 0.25) is 10.0 Å². The molecule has 3 fully saturated rings. The summed E-state index contributed by atoms with van der Waals surface area (Å²) in [5, 5.41) is 16.5. The number of fused-ring (bicyclic) bond motifs is 4. The fourth-order valence-electron chi connectivity index (χ4n) is 9.39. The Hall–Kier alpha value is -5.97. The molecule has 3 N–H and O–H groups in total. The number of allylic oxidation sites excluding steroid dienone is 2. The summed E-state index contributed by atoms with van der Waals surface area (Å²) in [6.45, 7) is 0. The van der Waals surface area contributed by atoms with Gasteiger partial charge in [0.15, 0.2) is 0 Å². The van der Waals surface area contributed by atoms with E-state index in [2.05, 4.69) is 10.7 Å². The third kappa shape index (κ3) is 5.58. The Morgan fingerprint density at radius 3 is 2.09 bits per heavy atom. The van der Waals surface area contributed by atoms with E-state index in [0.29, 0.717) is 38.1 Å². The number of hydrazine groups is 1. The number of nitrogens with one attached hydrogen (secondary N) is 2. The summed E-state index contributed by atoms with van der Waals surface area (Å²) in [5.74, 6) is -6.86. The Morgan fingerprint density at radius 2 is 1.38 bits per heavy atom. The van der Waals surface area contributed by atoms with E-state index in [1.165, 1.54) is 41.3 Å². The molecule has 280 valence electrons. The first kappa shape index (κ1) is 35.7. The zero-order chi connectivity index (χ0) is 38.9. The van der Waals surface area contributed by atoms with Gasteiger partial charge in [0.1, 0.15) is 11.6 Å². The van der Waals surface area contributed by atoms with Gasteiger partial charge < -0.3 is 10.4 Å². The number of carbonyl (C=O) groups is 4. The molecule has 5 aromatic rings. The lowest BCUT2D eigenvalue weighted by Crippen LogP contribution is -2.53. The van der Waals surface area contributed by atoms with Crippen molar-refractivity contribution in [2.24, 2.45) is 23.7 Å². The van der Waals surface area contributed by atoms with Crippen LogP contribution in [0.3, 0.4) is 0 Å². The Bertz CT molecular complexity index is 2440. The molecule has 2 aliphatic heterocycles. The summed E-state index contributed by atoms with van der Waals surface area (Å²) in [7, 11) is 0. The van der Waals surface area contributed by atoms with Crippen molar-refractivity contribution >= 4 is 69.6 Å². The van der Waals surface area contributed by atoms with Crippen molar-refractivity contribution in [1.82, 2.24) is 5.01 Å². The number of hydrogen-bond acceptors (Lipinski definition) is 7. The molecule has 2 aliphatic carbocycles. The number of hydrogen-bond donors (Lipinski definition) is 3. The zero-order valence-corrected chi connectivity index (χ0v) is 31.0. The first-order valence-corrected chi connectivity index (χ1v) is 19.0. The summed E-state index contributed by atoms with van der Waals surface area (Å²) < 4.78 is 13.9. The van der Waals surface area contributed by atoms with Gasteiger partial charge in [-0.25, -0.2) is 4.39 Å². The van der Waals surface area contributed by atoms with Gasteiger partial charge in [-0.15, -0.1) is 0 Å². The molecule has 5 aromatic carbocycles. The predicted molar refractivity (Wildman–Crippen MR) is 211 cm³/mol. The average Bonchev–Trinajstić information content (AvgIpc) is 3.58. The van der Waals surface area contributed by atoms with Crippen LogP contribution in [0, 0.1) is 29.5 Å². The summed E-state index contributed by atoms with van der Waals surface area (Å²) in [6.07, 6.45) is 2.15. The number of phenols is 1. The van der Waals surface area contributed by atoms with Gasteiger partial charge in [-0.3, -0.25) is 29.5 Å². The quantitative estimate of drug-likeness (QED) is 0.112. The Kier molecular flexibility index (Phi) is 8.71. The largest absolute Gasteiger partial charge is 0.508 e. The molecule has 4 amide bonds. The first-order chi connectivity index (χ1) is 27.1. The van der Waals surface area contributed by atoms with Gasteiger partial charge in [-0.2, -0.15) is 5.01 Å². The minimum atomic E-state index is -1.65. The van der Waals surface area contributed by atoms with Crippen LogP contribution >= 0.6 is 23.2 Å². The van der Waals surface area contributed by atoms with Crippen molar-refractivity contribution in [2.45, 2.75) is 24.2 Å². The normalized spacial score (nSPS) is 25.4. The van der Waals surface area contributed by atoms with Crippen LogP contribution < -0.4 is 15.6 Å². The smallest absolute Gasteiger partial charge is 0.260 e. The standard InChI is InChI=1S/C44H33Cl2FN4O5/c45-25-8-6-24(7-9-25)44-36(41(54)51(43(44)56)49-30-13-11-27(47)12-14-30)23-34-32(39(44)35-22-26(46)10-21-37(35)52)19-20-33-38(34)42(55)50(40(33)53)31-17-15-29(16-18-31)48-28-4-2-1-3-5-28/h1-19,21-22,33-34,36,38-39,48-49,52H,20,23H2. The number of benzene rings is 5. The molecule has 2 heterocycles. The summed E-state index contributed by atoms with van der Waals surface area (Å²) in [4.78, 5) is 60.2. The van der Waals surface area contributed by atoms with Crippen LogP contribution in [0.15, 0.2) is 133 Å². The van der Waals surface area contributed by atoms with Crippen LogP contribution in [-0.2, 0) is 24.6 Å². The van der Waals surface area contributed by atoms with Gasteiger partial charge in [0, 0.05) is 32.9 Å². The number of carbonyl (C=O) groups excluding carboxylic acids is 4. The van der Waals surface area contributed by atoms with Crippen molar-refractivity contribution in [1.29, 1.82) is 0 Å². The zero-order valence-electron chi connectivity index (χ0n) is 29.5. The van der Waals surface area contributed by atoms with E-state index in [4.69, 9.17) is 23.2 Å². The van der Waals surface area contributed by atoms with E-state index in [9.17, 15) is 23.9 Å². The van der Waals surface area contributed by atoms with Gasteiger partial charge in [-0.05, 0) is 115 Å².